The van der Waals surface area contributed by atoms with Crippen molar-refractivity contribution in [1.29, 1.82) is 0 Å². The minimum Gasteiger partial charge on any atom is -0.334 e. The number of hydrogen-bond acceptors (Lipinski definition) is 6. The van der Waals surface area contributed by atoms with Crippen LogP contribution >= 0.6 is 0 Å². The highest BCUT2D eigenvalue weighted by molar-refractivity contribution is 7.93. The number of sulfonamides is 1. The fourth-order valence-corrected chi connectivity index (χ4v) is 5.43. The lowest BCUT2D eigenvalue weighted by molar-refractivity contribution is 0.251. The summed E-state index contributed by atoms with van der Waals surface area (Å²) in [5.74, 6) is 0. The molecule has 4 rings (SSSR count). The van der Waals surface area contributed by atoms with Gasteiger partial charge >= 0.3 is 6.03 Å². The summed E-state index contributed by atoms with van der Waals surface area (Å²) in [6, 6.07) is 21.9. The quantitative estimate of drug-likeness (QED) is 0.308. The highest BCUT2D eigenvalue weighted by Crippen LogP contribution is 2.29. The zero-order valence-corrected chi connectivity index (χ0v) is 21.4. The molecule has 1 aromatic heterocycles. The molecule has 0 unspecified atom stereocenters. The van der Waals surface area contributed by atoms with E-state index in [0.29, 0.717) is 29.0 Å². The molecule has 9 nitrogen and oxygen atoms in total. The van der Waals surface area contributed by atoms with Gasteiger partial charge in [0.2, 0.25) is 0 Å². The number of nitrogens with zero attached hydrogens (tertiary/aromatic N) is 1. The van der Waals surface area contributed by atoms with E-state index in [1.165, 1.54) is 30.3 Å². The lowest BCUT2D eigenvalue weighted by Gasteiger charge is -2.13. The number of carbonyl (C=O) groups is 1. The van der Waals surface area contributed by atoms with Gasteiger partial charge in [0.15, 0.2) is 9.84 Å². The average molecular weight is 537 g/mol. The van der Waals surface area contributed by atoms with Crippen LogP contribution in [0.15, 0.2) is 107 Å². The van der Waals surface area contributed by atoms with Crippen LogP contribution in [-0.2, 0) is 26.4 Å². The van der Waals surface area contributed by atoms with E-state index in [9.17, 15) is 21.6 Å². The number of nitrogens with one attached hydrogen (secondary N) is 3. The Morgan fingerprint density at radius 3 is 2.14 bits per heavy atom. The van der Waals surface area contributed by atoms with Gasteiger partial charge in [-0.25, -0.2) is 21.6 Å². The van der Waals surface area contributed by atoms with Gasteiger partial charge in [-0.15, -0.1) is 0 Å². The van der Waals surface area contributed by atoms with Crippen molar-refractivity contribution < 1.29 is 21.6 Å². The SMILES string of the molecule is CS(=O)(=O)c1ccc(-c2ccccc2S(=O)(=O)Nc2ccc(NC(=O)NCc3cccnc3)cc2)cc1. The van der Waals surface area contributed by atoms with Crippen molar-refractivity contribution in [1.82, 2.24) is 10.3 Å². The summed E-state index contributed by atoms with van der Waals surface area (Å²) in [6.45, 7) is 0.313. The Morgan fingerprint density at radius 1 is 0.811 bits per heavy atom. The van der Waals surface area contributed by atoms with Crippen LogP contribution in [0.1, 0.15) is 5.56 Å². The number of urea groups is 1. The van der Waals surface area contributed by atoms with E-state index >= 15 is 0 Å². The third-order valence-corrected chi connectivity index (χ3v) is 7.91. The van der Waals surface area contributed by atoms with Gasteiger partial charge in [0.1, 0.15) is 0 Å². The number of carbonyl (C=O) groups excluding carboxylic acids is 1. The van der Waals surface area contributed by atoms with Crippen molar-refractivity contribution in [2.75, 3.05) is 16.3 Å². The molecule has 0 aliphatic carbocycles. The second-order valence-corrected chi connectivity index (χ2v) is 11.8. The van der Waals surface area contributed by atoms with Gasteiger partial charge in [-0.1, -0.05) is 36.4 Å². The van der Waals surface area contributed by atoms with Gasteiger partial charge in [0, 0.05) is 42.1 Å². The first-order chi connectivity index (χ1) is 17.6. The lowest BCUT2D eigenvalue weighted by Crippen LogP contribution is -2.28. The summed E-state index contributed by atoms with van der Waals surface area (Å²) in [5.41, 5.74) is 2.64. The summed E-state index contributed by atoms with van der Waals surface area (Å²) in [4.78, 5) is 16.3. The number of anilines is 2. The maximum atomic E-state index is 13.2. The van der Waals surface area contributed by atoms with Gasteiger partial charge in [0.05, 0.1) is 9.79 Å². The summed E-state index contributed by atoms with van der Waals surface area (Å²) in [5, 5.41) is 5.41. The maximum absolute atomic E-state index is 13.2. The van der Waals surface area contributed by atoms with Crippen molar-refractivity contribution in [3.8, 4) is 11.1 Å². The van der Waals surface area contributed by atoms with Crippen LogP contribution in [0.4, 0.5) is 16.2 Å². The number of rotatable bonds is 8. The van der Waals surface area contributed by atoms with Gasteiger partial charge in [-0.2, -0.15) is 0 Å². The van der Waals surface area contributed by atoms with Gasteiger partial charge < -0.3 is 10.6 Å². The van der Waals surface area contributed by atoms with Crippen LogP contribution in [0.3, 0.4) is 0 Å². The Kier molecular flexibility index (Phi) is 7.55. The molecule has 0 saturated heterocycles. The molecule has 0 fully saturated rings. The van der Waals surface area contributed by atoms with E-state index in [2.05, 4.69) is 20.3 Å². The second kappa shape index (κ2) is 10.8. The third-order valence-electron chi connectivity index (χ3n) is 5.34. The minimum atomic E-state index is -3.98. The zero-order chi connectivity index (χ0) is 26.5. The van der Waals surface area contributed by atoms with E-state index in [0.717, 1.165) is 11.8 Å². The van der Waals surface area contributed by atoms with Crippen molar-refractivity contribution >= 4 is 37.3 Å². The molecule has 0 bridgehead atoms. The van der Waals surface area contributed by atoms with E-state index in [4.69, 9.17) is 0 Å². The van der Waals surface area contributed by atoms with Gasteiger partial charge in [0.25, 0.3) is 10.0 Å². The molecule has 4 aromatic rings. The average Bonchev–Trinajstić information content (AvgIpc) is 2.89. The van der Waals surface area contributed by atoms with E-state index < -0.39 is 25.9 Å². The molecule has 0 spiro atoms. The predicted octanol–water partition coefficient (Wildman–Crippen LogP) is 4.27. The molecule has 0 saturated carbocycles. The number of amides is 2. The lowest BCUT2D eigenvalue weighted by atomic mass is 10.1. The molecule has 37 heavy (non-hydrogen) atoms. The Morgan fingerprint density at radius 2 is 1.49 bits per heavy atom. The molecule has 0 atom stereocenters. The summed E-state index contributed by atoms with van der Waals surface area (Å²) in [6.07, 6.45) is 4.42. The minimum absolute atomic E-state index is 0.0408. The highest BCUT2D eigenvalue weighted by atomic mass is 32.2. The fraction of sp³-hybridized carbons (Fsp3) is 0.0769. The highest BCUT2D eigenvalue weighted by Gasteiger charge is 2.20. The third kappa shape index (κ3) is 6.72. The normalized spacial score (nSPS) is 11.5. The first-order valence-corrected chi connectivity index (χ1v) is 14.5. The Hall–Kier alpha value is -4.22. The Bertz CT molecular complexity index is 1610. The van der Waals surface area contributed by atoms with Crippen LogP contribution in [0.25, 0.3) is 11.1 Å². The number of sulfone groups is 1. The number of pyridine rings is 1. The molecule has 3 aromatic carbocycles. The Labute approximate surface area is 215 Å². The first kappa shape index (κ1) is 25.9. The number of hydrogen-bond donors (Lipinski definition) is 3. The van der Waals surface area contributed by atoms with E-state index in [-0.39, 0.29) is 9.79 Å². The van der Waals surface area contributed by atoms with Gasteiger partial charge in [-0.05, 0) is 59.7 Å². The van der Waals surface area contributed by atoms with Crippen LogP contribution in [0, 0.1) is 0 Å². The molecular weight excluding hydrogens is 512 g/mol. The molecule has 3 N–H and O–H groups in total. The molecule has 0 aliphatic rings. The second-order valence-electron chi connectivity index (χ2n) is 8.14. The molecule has 2 amide bonds. The topological polar surface area (TPSA) is 134 Å². The molecule has 190 valence electrons. The number of aromatic nitrogens is 1. The molecule has 1 heterocycles. The largest absolute Gasteiger partial charge is 0.334 e. The zero-order valence-electron chi connectivity index (χ0n) is 19.7. The molecule has 0 aliphatic heterocycles. The van der Waals surface area contributed by atoms with Gasteiger partial charge in [-0.3, -0.25) is 9.71 Å². The van der Waals surface area contributed by atoms with Crippen molar-refractivity contribution in [2.45, 2.75) is 16.3 Å². The number of benzene rings is 3. The van der Waals surface area contributed by atoms with Crippen LogP contribution in [0.2, 0.25) is 0 Å². The maximum Gasteiger partial charge on any atom is 0.319 e. The molecular formula is C26H24N4O5S2. The molecule has 11 heteroatoms. The monoisotopic (exact) mass is 536 g/mol. The van der Waals surface area contributed by atoms with Crippen LogP contribution < -0.4 is 15.4 Å². The van der Waals surface area contributed by atoms with Crippen molar-refractivity contribution in [3.05, 3.63) is 103 Å². The standard InChI is InChI=1S/C26H24N4O5S2/c1-36(32,33)23-14-8-20(9-15-23)24-6-2-3-7-25(24)37(34,35)30-22-12-10-21(11-13-22)29-26(31)28-18-19-5-4-16-27-17-19/h2-17,30H,18H2,1H3,(H2,28,29,31). The van der Waals surface area contributed by atoms with E-state index in [1.54, 1.807) is 60.9 Å². The van der Waals surface area contributed by atoms with Crippen LogP contribution in [-0.4, -0.2) is 34.1 Å². The van der Waals surface area contributed by atoms with Crippen molar-refractivity contribution in [3.63, 3.8) is 0 Å². The summed E-state index contributed by atoms with van der Waals surface area (Å²) >= 11 is 0. The predicted molar refractivity (Wildman–Crippen MR) is 142 cm³/mol. The Balaban J connectivity index is 1.45. The smallest absolute Gasteiger partial charge is 0.319 e. The van der Waals surface area contributed by atoms with E-state index in [1.807, 2.05) is 6.07 Å². The van der Waals surface area contributed by atoms with Crippen LogP contribution in [0.5, 0.6) is 0 Å². The first-order valence-electron chi connectivity index (χ1n) is 11.1. The summed E-state index contributed by atoms with van der Waals surface area (Å²) < 4.78 is 52.5. The van der Waals surface area contributed by atoms with Crippen molar-refractivity contribution in [2.24, 2.45) is 0 Å². The summed E-state index contributed by atoms with van der Waals surface area (Å²) in [7, 11) is -7.35. The molecule has 0 radical (unpaired) electrons. The fourth-order valence-electron chi connectivity index (χ4n) is 3.51.